The molecule has 5 nitrogen and oxygen atoms in total. The summed E-state index contributed by atoms with van der Waals surface area (Å²) in [6.45, 7) is 6.07. The van der Waals surface area contributed by atoms with E-state index < -0.39 is 5.97 Å². The number of thiophene rings is 1. The normalized spacial score (nSPS) is 19.2. The molecule has 114 valence electrons. The van der Waals surface area contributed by atoms with Gasteiger partial charge >= 0.3 is 5.97 Å². The van der Waals surface area contributed by atoms with Gasteiger partial charge in [-0.1, -0.05) is 6.92 Å². The predicted octanol–water partition coefficient (Wildman–Crippen LogP) is 1.92. The van der Waals surface area contributed by atoms with Gasteiger partial charge in [0.2, 0.25) is 0 Å². The zero-order chi connectivity index (χ0) is 15.2. The summed E-state index contributed by atoms with van der Waals surface area (Å²) in [6, 6.07) is 1.71. The quantitative estimate of drug-likeness (QED) is 0.788. The molecule has 21 heavy (non-hydrogen) atoms. The smallest absolute Gasteiger partial charge is 0.328 e. The lowest BCUT2D eigenvalue weighted by molar-refractivity contribution is -0.131. The van der Waals surface area contributed by atoms with Gasteiger partial charge in [-0.3, -0.25) is 4.79 Å². The Morgan fingerprint density at radius 3 is 3.05 bits per heavy atom. The maximum atomic E-state index is 12.0. The van der Waals surface area contributed by atoms with Crippen LogP contribution >= 0.6 is 11.3 Å². The number of amides is 1. The van der Waals surface area contributed by atoms with Crippen molar-refractivity contribution in [1.29, 1.82) is 0 Å². The molecule has 1 saturated heterocycles. The van der Waals surface area contributed by atoms with E-state index in [-0.39, 0.29) is 5.91 Å². The van der Waals surface area contributed by atoms with Crippen LogP contribution in [0.2, 0.25) is 0 Å². The Morgan fingerprint density at radius 2 is 2.38 bits per heavy atom. The van der Waals surface area contributed by atoms with E-state index in [1.807, 2.05) is 0 Å². The van der Waals surface area contributed by atoms with Crippen molar-refractivity contribution in [3.05, 3.63) is 28.0 Å². The number of nitrogens with zero attached hydrogens (tertiary/aromatic N) is 1. The highest BCUT2D eigenvalue weighted by Crippen LogP contribution is 2.17. The lowest BCUT2D eigenvalue weighted by atomic mass is 10.1. The van der Waals surface area contributed by atoms with E-state index in [4.69, 9.17) is 5.11 Å². The Balaban J connectivity index is 1.82. The Kier molecular flexibility index (Phi) is 5.52. The molecule has 1 unspecified atom stereocenters. The second-order valence-corrected chi connectivity index (χ2v) is 6.11. The van der Waals surface area contributed by atoms with Crippen molar-refractivity contribution in [2.45, 2.75) is 13.3 Å². The SMILES string of the molecule is CCN1CCC(CNC(=O)c2csc(C=CC(=O)O)c2)C1. The number of carboxylic acid groups (broad SMARTS) is 1. The molecular weight excluding hydrogens is 288 g/mol. The molecule has 1 aliphatic rings. The van der Waals surface area contributed by atoms with Gasteiger partial charge in [0, 0.05) is 29.4 Å². The van der Waals surface area contributed by atoms with E-state index in [0.29, 0.717) is 18.0 Å². The lowest BCUT2D eigenvalue weighted by Crippen LogP contribution is -2.30. The average molecular weight is 308 g/mol. The molecule has 0 radical (unpaired) electrons. The topological polar surface area (TPSA) is 69.6 Å². The van der Waals surface area contributed by atoms with E-state index in [0.717, 1.165) is 37.0 Å². The van der Waals surface area contributed by atoms with Crippen LogP contribution in [-0.4, -0.2) is 48.1 Å². The molecule has 1 aliphatic heterocycles. The van der Waals surface area contributed by atoms with Crippen molar-refractivity contribution in [3.63, 3.8) is 0 Å². The molecule has 1 fully saturated rings. The molecule has 0 saturated carbocycles. The zero-order valence-corrected chi connectivity index (χ0v) is 12.9. The maximum absolute atomic E-state index is 12.0. The summed E-state index contributed by atoms with van der Waals surface area (Å²) < 4.78 is 0. The highest BCUT2D eigenvalue weighted by Gasteiger charge is 2.21. The third-order valence-electron chi connectivity index (χ3n) is 3.64. The minimum Gasteiger partial charge on any atom is -0.478 e. The second kappa shape index (κ2) is 7.38. The fourth-order valence-electron chi connectivity index (χ4n) is 2.42. The molecule has 2 N–H and O–H groups in total. The summed E-state index contributed by atoms with van der Waals surface area (Å²) >= 11 is 1.36. The van der Waals surface area contributed by atoms with Crippen molar-refractivity contribution in [3.8, 4) is 0 Å². The fourth-order valence-corrected chi connectivity index (χ4v) is 3.20. The highest BCUT2D eigenvalue weighted by molar-refractivity contribution is 7.11. The van der Waals surface area contributed by atoms with Crippen LogP contribution in [0.5, 0.6) is 0 Å². The molecule has 0 spiro atoms. The van der Waals surface area contributed by atoms with Gasteiger partial charge in [0.05, 0.1) is 5.56 Å². The van der Waals surface area contributed by atoms with E-state index in [9.17, 15) is 9.59 Å². The second-order valence-electron chi connectivity index (χ2n) is 5.17. The third kappa shape index (κ3) is 4.68. The Labute approximate surface area is 128 Å². The van der Waals surface area contributed by atoms with Gasteiger partial charge in [0.25, 0.3) is 5.91 Å². The minimum atomic E-state index is -0.990. The Hall–Kier alpha value is -1.66. The molecule has 6 heteroatoms. The number of carboxylic acids is 1. The molecule has 0 aliphatic carbocycles. The first kappa shape index (κ1) is 15.7. The van der Waals surface area contributed by atoms with Crippen LogP contribution in [0.25, 0.3) is 6.08 Å². The Bertz CT molecular complexity index is 539. The van der Waals surface area contributed by atoms with Crippen LogP contribution in [0.3, 0.4) is 0 Å². The molecule has 2 rings (SSSR count). The third-order valence-corrected chi connectivity index (χ3v) is 4.54. The Morgan fingerprint density at radius 1 is 1.57 bits per heavy atom. The number of aliphatic carboxylic acids is 1. The molecular formula is C15H20N2O3S. The highest BCUT2D eigenvalue weighted by atomic mass is 32.1. The predicted molar refractivity (Wildman–Crippen MR) is 83.5 cm³/mol. The lowest BCUT2D eigenvalue weighted by Gasteiger charge is -2.13. The van der Waals surface area contributed by atoms with Crippen molar-refractivity contribution < 1.29 is 14.7 Å². The van der Waals surface area contributed by atoms with Crippen molar-refractivity contribution in [1.82, 2.24) is 10.2 Å². The van der Waals surface area contributed by atoms with Crippen molar-refractivity contribution in [2.24, 2.45) is 5.92 Å². The summed E-state index contributed by atoms with van der Waals surface area (Å²) in [4.78, 5) is 25.6. The minimum absolute atomic E-state index is 0.0869. The molecule has 2 heterocycles. The van der Waals surface area contributed by atoms with Crippen molar-refractivity contribution in [2.75, 3.05) is 26.2 Å². The fraction of sp³-hybridized carbons (Fsp3) is 0.467. The summed E-state index contributed by atoms with van der Waals surface area (Å²) in [5.41, 5.74) is 0.593. The van der Waals surface area contributed by atoms with Crippen LogP contribution in [0, 0.1) is 5.92 Å². The van der Waals surface area contributed by atoms with Gasteiger partial charge in [-0.2, -0.15) is 0 Å². The molecule has 1 aromatic rings. The number of likely N-dealkylation sites (tertiary alicyclic amines) is 1. The van der Waals surface area contributed by atoms with Crippen LogP contribution in [-0.2, 0) is 4.79 Å². The van der Waals surface area contributed by atoms with Gasteiger partial charge in [0.1, 0.15) is 0 Å². The molecule has 1 amide bonds. The summed E-state index contributed by atoms with van der Waals surface area (Å²) in [6.07, 6.45) is 3.70. The largest absolute Gasteiger partial charge is 0.478 e. The molecule has 0 aromatic carbocycles. The van der Waals surface area contributed by atoms with Crippen LogP contribution in [0.15, 0.2) is 17.5 Å². The van der Waals surface area contributed by atoms with E-state index in [2.05, 4.69) is 17.1 Å². The van der Waals surface area contributed by atoms with Gasteiger partial charge in [0.15, 0.2) is 0 Å². The number of hydrogen-bond acceptors (Lipinski definition) is 4. The maximum Gasteiger partial charge on any atom is 0.328 e. The average Bonchev–Trinajstić information content (AvgIpc) is 3.11. The van der Waals surface area contributed by atoms with Crippen molar-refractivity contribution >= 4 is 29.3 Å². The van der Waals surface area contributed by atoms with Gasteiger partial charge in [-0.15, -0.1) is 11.3 Å². The molecule has 0 bridgehead atoms. The first-order valence-corrected chi connectivity index (χ1v) is 7.96. The first-order chi connectivity index (χ1) is 10.1. The monoisotopic (exact) mass is 308 g/mol. The summed E-state index contributed by atoms with van der Waals surface area (Å²) in [5, 5.41) is 13.3. The number of carbonyl (C=O) groups excluding carboxylic acids is 1. The van der Waals surface area contributed by atoms with E-state index in [1.165, 1.54) is 17.4 Å². The number of rotatable bonds is 6. The van der Waals surface area contributed by atoms with Gasteiger partial charge < -0.3 is 15.3 Å². The van der Waals surface area contributed by atoms with Gasteiger partial charge in [-0.05, 0) is 37.6 Å². The standard InChI is InChI=1S/C15H20N2O3S/c1-2-17-6-5-11(9-17)8-16-15(20)12-7-13(21-10-12)3-4-14(18)19/h3-4,7,10-11H,2,5-6,8-9H2,1H3,(H,16,20)(H,18,19). The number of nitrogens with one attached hydrogen (secondary N) is 1. The van der Waals surface area contributed by atoms with E-state index >= 15 is 0 Å². The summed E-state index contributed by atoms with van der Waals surface area (Å²) in [5.74, 6) is -0.550. The summed E-state index contributed by atoms with van der Waals surface area (Å²) in [7, 11) is 0. The molecule has 1 aromatic heterocycles. The first-order valence-electron chi connectivity index (χ1n) is 7.08. The van der Waals surface area contributed by atoms with Crippen LogP contribution in [0.4, 0.5) is 0 Å². The van der Waals surface area contributed by atoms with Crippen LogP contribution < -0.4 is 5.32 Å². The van der Waals surface area contributed by atoms with Crippen LogP contribution in [0.1, 0.15) is 28.6 Å². The van der Waals surface area contributed by atoms with Gasteiger partial charge in [-0.25, -0.2) is 4.79 Å². The zero-order valence-electron chi connectivity index (χ0n) is 12.0. The number of carbonyl (C=O) groups is 2. The molecule has 1 atom stereocenters. The number of hydrogen-bond donors (Lipinski definition) is 2. The van der Waals surface area contributed by atoms with E-state index in [1.54, 1.807) is 11.4 Å².